The molecule has 0 aliphatic rings. The number of nitrogens with one attached hydrogen (secondary N) is 1. The van der Waals surface area contributed by atoms with Crippen molar-refractivity contribution in [3.8, 4) is 0 Å². The number of nitrogens with zero attached hydrogens (tertiary/aromatic N) is 1. The van der Waals surface area contributed by atoms with E-state index in [0.717, 1.165) is 6.07 Å². The van der Waals surface area contributed by atoms with Gasteiger partial charge in [-0.05, 0) is 18.2 Å². The topological polar surface area (TPSA) is 50.9 Å². The summed E-state index contributed by atoms with van der Waals surface area (Å²) in [6.45, 7) is 0. The van der Waals surface area contributed by atoms with Crippen LogP contribution in [0.2, 0.25) is 0 Å². The van der Waals surface area contributed by atoms with Gasteiger partial charge in [0.05, 0.1) is 11.6 Å². The fraction of sp³-hybridized carbons (Fsp3) is 0.214. The number of halogens is 4. The second kappa shape index (κ2) is 6.19. The van der Waals surface area contributed by atoms with E-state index in [0.29, 0.717) is 11.8 Å². The van der Waals surface area contributed by atoms with Crippen LogP contribution in [0.1, 0.15) is 22.9 Å². The number of hydrogen-bond donors (Lipinski definition) is 2. The Balaban J connectivity index is 2.35. The van der Waals surface area contributed by atoms with Gasteiger partial charge in [0.2, 0.25) is 0 Å². The van der Waals surface area contributed by atoms with E-state index >= 15 is 0 Å². The van der Waals surface area contributed by atoms with E-state index in [1.54, 1.807) is 24.4 Å². The third-order valence-corrected chi connectivity index (χ3v) is 3.05. The maximum absolute atomic E-state index is 14.1. The van der Waals surface area contributed by atoms with Crippen LogP contribution in [-0.4, -0.2) is 4.98 Å². The van der Waals surface area contributed by atoms with Crippen molar-refractivity contribution < 1.29 is 17.6 Å². The van der Waals surface area contributed by atoms with Crippen molar-refractivity contribution in [2.45, 2.75) is 18.6 Å². The summed E-state index contributed by atoms with van der Waals surface area (Å²) in [5, 5.41) is 0. The number of alkyl halides is 3. The van der Waals surface area contributed by atoms with Crippen molar-refractivity contribution in [2.75, 3.05) is 0 Å². The molecule has 0 saturated carbocycles. The van der Waals surface area contributed by atoms with Crippen molar-refractivity contribution in [1.29, 1.82) is 0 Å². The Morgan fingerprint density at radius 2 is 1.90 bits per heavy atom. The molecule has 1 aromatic heterocycles. The van der Waals surface area contributed by atoms with Gasteiger partial charge < -0.3 is 0 Å². The Kier molecular flexibility index (Phi) is 4.54. The Bertz CT molecular complexity index is 599. The van der Waals surface area contributed by atoms with Crippen molar-refractivity contribution >= 4 is 0 Å². The minimum atomic E-state index is -4.75. The van der Waals surface area contributed by atoms with Crippen molar-refractivity contribution in [3.05, 3.63) is 65.2 Å². The fourth-order valence-electron chi connectivity index (χ4n) is 2.02. The normalized spacial score (nSPS) is 13.2. The Morgan fingerprint density at radius 3 is 2.48 bits per heavy atom. The van der Waals surface area contributed by atoms with Crippen molar-refractivity contribution in [1.82, 2.24) is 10.4 Å². The molecule has 0 saturated heterocycles. The maximum Gasteiger partial charge on any atom is 0.419 e. The highest BCUT2D eigenvalue weighted by Gasteiger charge is 2.35. The molecule has 0 amide bonds. The molecule has 7 heteroatoms. The first kappa shape index (κ1) is 15.4. The molecule has 2 rings (SSSR count). The highest BCUT2D eigenvalue weighted by atomic mass is 19.4. The predicted octanol–water partition coefficient (Wildman–Crippen LogP) is 2.99. The van der Waals surface area contributed by atoms with Gasteiger partial charge in [-0.15, -0.1) is 0 Å². The summed E-state index contributed by atoms with van der Waals surface area (Å²) in [6.07, 6.45) is -3.02. The van der Waals surface area contributed by atoms with Gasteiger partial charge in [0.15, 0.2) is 0 Å². The van der Waals surface area contributed by atoms with E-state index in [4.69, 9.17) is 5.84 Å². The number of hydrogen-bond acceptors (Lipinski definition) is 3. The summed E-state index contributed by atoms with van der Waals surface area (Å²) in [4.78, 5) is 4.05. The first-order valence-corrected chi connectivity index (χ1v) is 6.15. The molecule has 2 aromatic rings. The van der Waals surface area contributed by atoms with Crippen LogP contribution in [0.25, 0.3) is 0 Å². The molecule has 1 atom stereocenters. The molecule has 1 aromatic carbocycles. The van der Waals surface area contributed by atoms with E-state index in [1.165, 1.54) is 6.07 Å². The standard InChI is InChI=1S/C14H13F4N3/c15-13-10(5-3-6-11(13)14(16,17)18)12(21-19)8-9-4-1-2-7-20-9/h1-7,12,21H,8,19H2. The minimum absolute atomic E-state index is 0.141. The molecular weight excluding hydrogens is 286 g/mol. The van der Waals surface area contributed by atoms with Crippen LogP contribution >= 0.6 is 0 Å². The third kappa shape index (κ3) is 3.56. The van der Waals surface area contributed by atoms with Crippen molar-refractivity contribution in [3.63, 3.8) is 0 Å². The van der Waals surface area contributed by atoms with Crippen LogP contribution < -0.4 is 11.3 Å². The molecule has 0 spiro atoms. The highest BCUT2D eigenvalue weighted by molar-refractivity contribution is 5.31. The predicted molar refractivity (Wildman–Crippen MR) is 69.4 cm³/mol. The first-order valence-electron chi connectivity index (χ1n) is 6.15. The quantitative estimate of drug-likeness (QED) is 0.518. The van der Waals surface area contributed by atoms with E-state index in [1.807, 2.05) is 0 Å². The van der Waals surface area contributed by atoms with Crippen LogP contribution in [0.15, 0.2) is 42.6 Å². The van der Waals surface area contributed by atoms with E-state index in [-0.39, 0.29) is 12.0 Å². The van der Waals surface area contributed by atoms with Gasteiger partial charge in [0.1, 0.15) is 5.82 Å². The molecule has 1 unspecified atom stereocenters. The number of nitrogens with two attached hydrogens (primary N) is 1. The number of aromatic nitrogens is 1. The van der Waals surface area contributed by atoms with E-state index < -0.39 is 23.6 Å². The van der Waals surface area contributed by atoms with Gasteiger partial charge in [-0.2, -0.15) is 13.2 Å². The number of pyridine rings is 1. The second-order valence-electron chi connectivity index (χ2n) is 4.45. The van der Waals surface area contributed by atoms with Gasteiger partial charge in [0.25, 0.3) is 0 Å². The van der Waals surface area contributed by atoms with Gasteiger partial charge in [0, 0.05) is 23.9 Å². The monoisotopic (exact) mass is 299 g/mol. The average Bonchev–Trinajstić information content (AvgIpc) is 2.45. The summed E-state index contributed by atoms with van der Waals surface area (Å²) >= 11 is 0. The lowest BCUT2D eigenvalue weighted by molar-refractivity contribution is -0.140. The van der Waals surface area contributed by atoms with Crippen LogP contribution in [-0.2, 0) is 12.6 Å². The highest BCUT2D eigenvalue weighted by Crippen LogP contribution is 2.34. The van der Waals surface area contributed by atoms with E-state index in [2.05, 4.69) is 10.4 Å². The molecule has 0 bridgehead atoms. The largest absolute Gasteiger partial charge is 0.419 e. The number of rotatable bonds is 4. The molecule has 0 fully saturated rings. The molecule has 3 N–H and O–H groups in total. The summed E-state index contributed by atoms with van der Waals surface area (Å²) in [7, 11) is 0. The first-order chi connectivity index (χ1) is 9.93. The maximum atomic E-state index is 14.1. The number of hydrazine groups is 1. The minimum Gasteiger partial charge on any atom is -0.271 e. The van der Waals surface area contributed by atoms with Crippen LogP contribution in [0, 0.1) is 5.82 Å². The molecule has 21 heavy (non-hydrogen) atoms. The Hall–Kier alpha value is -1.99. The van der Waals surface area contributed by atoms with Crippen LogP contribution in [0.4, 0.5) is 17.6 Å². The SMILES string of the molecule is NNC(Cc1ccccn1)c1cccc(C(F)(F)F)c1F. The second-order valence-corrected chi connectivity index (χ2v) is 4.45. The van der Waals surface area contributed by atoms with E-state index in [9.17, 15) is 17.6 Å². The van der Waals surface area contributed by atoms with Gasteiger partial charge in [-0.3, -0.25) is 16.3 Å². The van der Waals surface area contributed by atoms with Crippen molar-refractivity contribution in [2.24, 2.45) is 5.84 Å². The molecular formula is C14H13F4N3. The summed E-state index contributed by atoms with van der Waals surface area (Å²) < 4.78 is 52.2. The molecule has 0 aliphatic carbocycles. The summed E-state index contributed by atoms with van der Waals surface area (Å²) in [5.74, 6) is 4.04. The average molecular weight is 299 g/mol. The molecule has 3 nitrogen and oxygen atoms in total. The Morgan fingerprint density at radius 1 is 1.14 bits per heavy atom. The lowest BCUT2D eigenvalue weighted by Gasteiger charge is -2.19. The van der Waals surface area contributed by atoms with Crippen LogP contribution in [0.5, 0.6) is 0 Å². The smallest absolute Gasteiger partial charge is 0.271 e. The van der Waals surface area contributed by atoms with Gasteiger partial charge in [-0.25, -0.2) is 4.39 Å². The zero-order chi connectivity index (χ0) is 15.5. The van der Waals surface area contributed by atoms with Gasteiger partial charge >= 0.3 is 6.18 Å². The molecule has 112 valence electrons. The zero-order valence-corrected chi connectivity index (χ0v) is 10.9. The molecule has 0 aliphatic heterocycles. The third-order valence-electron chi connectivity index (χ3n) is 3.05. The number of benzene rings is 1. The zero-order valence-electron chi connectivity index (χ0n) is 10.9. The fourth-order valence-corrected chi connectivity index (χ4v) is 2.02. The summed E-state index contributed by atoms with van der Waals surface area (Å²) in [6, 6.07) is 7.46. The van der Waals surface area contributed by atoms with Crippen LogP contribution in [0.3, 0.4) is 0 Å². The lowest BCUT2D eigenvalue weighted by atomic mass is 9.99. The lowest BCUT2D eigenvalue weighted by Crippen LogP contribution is -2.31. The molecule has 1 heterocycles. The summed E-state index contributed by atoms with van der Waals surface area (Å²) in [5.41, 5.74) is 1.49. The van der Waals surface area contributed by atoms with Gasteiger partial charge in [-0.1, -0.05) is 18.2 Å². The molecule has 0 radical (unpaired) electrons. The Labute approximate surface area is 118 Å².